The number of rotatable bonds is 6. The lowest BCUT2D eigenvalue weighted by molar-refractivity contribution is 0.0977. The Morgan fingerprint density at radius 1 is 1.22 bits per heavy atom. The number of carbonyl (C=O) groups excluding carboxylic acids is 1. The molecule has 4 rings (SSSR count). The average Bonchev–Trinajstić information content (AvgIpc) is 3.37. The molecule has 2 aromatic carbocycles. The van der Waals surface area contributed by atoms with Crippen molar-refractivity contribution in [2.45, 2.75) is 13.5 Å². The van der Waals surface area contributed by atoms with Crippen molar-refractivity contribution in [3.63, 3.8) is 0 Å². The van der Waals surface area contributed by atoms with E-state index in [1.807, 2.05) is 46.0 Å². The fourth-order valence-electron chi connectivity index (χ4n) is 3.21. The molecule has 162 valence electrons. The topological polar surface area (TPSA) is 116 Å². The van der Waals surface area contributed by atoms with Gasteiger partial charge < -0.3 is 9.32 Å². The van der Waals surface area contributed by atoms with Crippen LogP contribution in [0.2, 0.25) is 0 Å². The molecule has 0 saturated heterocycles. The first kappa shape index (κ1) is 21.5. The molecule has 2 heterocycles. The van der Waals surface area contributed by atoms with E-state index in [1.54, 1.807) is 25.3 Å². The number of benzene rings is 2. The first-order valence-corrected chi connectivity index (χ1v) is 12.2. The lowest BCUT2D eigenvalue weighted by Crippen LogP contribution is -2.30. The summed E-state index contributed by atoms with van der Waals surface area (Å²) < 4.78 is 30.3. The van der Waals surface area contributed by atoms with Crippen molar-refractivity contribution < 1.29 is 17.6 Å². The number of thiazole rings is 1. The van der Waals surface area contributed by atoms with Crippen LogP contribution in [0.3, 0.4) is 0 Å². The normalized spacial score (nSPS) is 11.3. The number of nitriles is 1. The second kappa shape index (κ2) is 8.45. The Kier molecular flexibility index (Phi) is 5.69. The summed E-state index contributed by atoms with van der Waals surface area (Å²) in [5.74, 6) is -0.771. The molecule has 0 fully saturated rings. The van der Waals surface area contributed by atoms with Gasteiger partial charge in [-0.05, 0) is 55.0 Å². The van der Waals surface area contributed by atoms with Gasteiger partial charge in [0.05, 0.1) is 30.7 Å². The van der Waals surface area contributed by atoms with Gasteiger partial charge in [0.2, 0.25) is 10.0 Å². The second-order valence-electron chi connectivity index (χ2n) is 7.14. The van der Waals surface area contributed by atoms with Gasteiger partial charge in [0.25, 0.3) is 5.91 Å². The van der Waals surface area contributed by atoms with E-state index in [-0.39, 0.29) is 5.69 Å². The molecular weight excluding hydrogens is 448 g/mol. The van der Waals surface area contributed by atoms with Crippen molar-refractivity contribution in [1.29, 1.82) is 5.26 Å². The fraction of sp³-hybridized carbons (Fsp3) is 0.136. The molecule has 0 aliphatic heterocycles. The highest BCUT2D eigenvalue weighted by Crippen LogP contribution is 2.33. The zero-order valence-corrected chi connectivity index (χ0v) is 18.8. The monoisotopic (exact) mass is 466 g/mol. The van der Waals surface area contributed by atoms with Crippen molar-refractivity contribution in [1.82, 2.24) is 9.71 Å². The molecule has 0 saturated carbocycles. The van der Waals surface area contributed by atoms with E-state index in [9.17, 15) is 13.2 Å². The number of hydrogen-bond donors (Lipinski definition) is 1. The summed E-state index contributed by atoms with van der Waals surface area (Å²) in [5, 5.41) is 10.6. The molecule has 1 N–H and O–H groups in total. The highest BCUT2D eigenvalue weighted by Gasteiger charge is 2.22. The summed E-state index contributed by atoms with van der Waals surface area (Å²) in [6, 6.07) is 16.8. The Balaban J connectivity index is 1.74. The molecule has 2 aromatic heterocycles. The number of aromatic nitrogens is 1. The standard InChI is InChI=1S/C22H18N4O4S2/c1-14-20(21(27)25-32(2,28)29)24-22(31-14)26(18-6-3-15(12-23)4-7-18)13-16-5-8-19-17(11-16)9-10-30-19/h3-11H,13H2,1-2H3,(H,25,27). The van der Waals surface area contributed by atoms with Gasteiger partial charge in [-0.15, -0.1) is 11.3 Å². The van der Waals surface area contributed by atoms with Crippen LogP contribution in [-0.2, 0) is 16.6 Å². The zero-order chi connectivity index (χ0) is 22.9. The number of sulfonamides is 1. The Bertz CT molecular complexity index is 1450. The molecule has 10 heteroatoms. The molecule has 4 aromatic rings. The van der Waals surface area contributed by atoms with E-state index in [0.717, 1.165) is 28.5 Å². The molecule has 0 bridgehead atoms. The van der Waals surface area contributed by atoms with Gasteiger partial charge >= 0.3 is 0 Å². The van der Waals surface area contributed by atoms with Crippen LogP contribution >= 0.6 is 11.3 Å². The van der Waals surface area contributed by atoms with Gasteiger partial charge in [-0.1, -0.05) is 6.07 Å². The van der Waals surface area contributed by atoms with E-state index >= 15 is 0 Å². The second-order valence-corrected chi connectivity index (χ2v) is 10.1. The van der Waals surface area contributed by atoms with E-state index in [1.165, 1.54) is 11.3 Å². The van der Waals surface area contributed by atoms with E-state index in [0.29, 0.717) is 22.1 Å². The summed E-state index contributed by atoms with van der Waals surface area (Å²) in [6.45, 7) is 2.15. The molecule has 32 heavy (non-hydrogen) atoms. The van der Waals surface area contributed by atoms with Gasteiger partial charge in [0.1, 0.15) is 11.3 Å². The molecule has 0 radical (unpaired) electrons. The zero-order valence-electron chi connectivity index (χ0n) is 17.2. The summed E-state index contributed by atoms with van der Waals surface area (Å²) in [5.41, 5.74) is 3.12. The van der Waals surface area contributed by atoms with Gasteiger partial charge in [0, 0.05) is 16.0 Å². The first-order valence-electron chi connectivity index (χ1n) is 9.47. The van der Waals surface area contributed by atoms with Gasteiger partial charge in [-0.2, -0.15) is 5.26 Å². The highest BCUT2D eigenvalue weighted by molar-refractivity contribution is 7.89. The van der Waals surface area contributed by atoms with Gasteiger partial charge in [-0.25, -0.2) is 18.1 Å². The molecule has 0 unspecified atom stereocenters. The van der Waals surface area contributed by atoms with Crippen molar-refractivity contribution in [2.24, 2.45) is 0 Å². The molecule has 8 nitrogen and oxygen atoms in total. The maximum Gasteiger partial charge on any atom is 0.284 e. The van der Waals surface area contributed by atoms with Gasteiger partial charge in [0.15, 0.2) is 5.13 Å². The van der Waals surface area contributed by atoms with Crippen LogP contribution in [0.4, 0.5) is 10.8 Å². The molecular formula is C22H18N4O4S2. The number of nitrogens with zero attached hydrogens (tertiary/aromatic N) is 3. The quantitative estimate of drug-likeness (QED) is 0.455. The summed E-state index contributed by atoms with van der Waals surface area (Å²) in [6.07, 6.45) is 2.55. The number of furan rings is 1. The molecule has 0 spiro atoms. The van der Waals surface area contributed by atoms with Crippen LogP contribution in [0.25, 0.3) is 11.0 Å². The highest BCUT2D eigenvalue weighted by atomic mass is 32.2. The molecule has 0 aliphatic carbocycles. The van der Waals surface area contributed by atoms with Crippen LogP contribution in [0, 0.1) is 18.3 Å². The van der Waals surface area contributed by atoms with Gasteiger partial charge in [-0.3, -0.25) is 4.79 Å². The predicted molar refractivity (Wildman–Crippen MR) is 122 cm³/mol. The number of hydrogen-bond acceptors (Lipinski definition) is 8. The minimum Gasteiger partial charge on any atom is -0.464 e. The molecule has 1 amide bonds. The van der Waals surface area contributed by atoms with Crippen LogP contribution in [-0.4, -0.2) is 25.6 Å². The number of aryl methyl sites for hydroxylation is 1. The third-order valence-corrected chi connectivity index (χ3v) is 6.22. The fourth-order valence-corrected chi connectivity index (χ4v) is 4.57. The third kappa shape index (κ3) is 4.64. The molecule has 0 aliphatic rings. The number of amides is 1. The Morgan fingerprint density at radius 2 is 1.97 bits per heavy atom. The number of fused-ring (bicyclic) bond motifs is 1. The van der Waals surface area contributed by atoms with Crippen LogP contribution in [0.1, 0.15) is 26.5 Å². The first-order chi connectivity index (χ1) is 15.2. The number of anilines is 2. The van der Waals surface area contributed by atoms with Crippen molar-refractivity contribution in [2.75, 3.05) is 11.2 Å². The summed E-state index contributed by atoms with van der Waals surface area (Å²) in [7, 11) is -3.71. The summed E-state index contributed by atoms with van der Waals surface area (Å²) >= 11 is 1.28. The summed E-state index contributed by atoms with van der Waals surface area (Å²) in [4.78, 5) is 19.3. The van der Waals surface area contributed by atoms with E-state index < -0.39 is 15.9 Å². The van der Waals surface area contributed by atoms with E-state index in [4.69, 9.17) is 9.68 Å². The maximum absolute atomic E-state index is 12.4. The lowest BCUT2D eigenvalue weighted by Gasteiger charge is -2.22. The Hall–Kier alpha value is -3.68. The number of carbonyl (C=O) groups is 1. The predicted octanol–water partition coefficient (Wildman–Crippen LogP) is 4.10. The van der Waals surface area contributed by atoms with Crippen LogP contribution in [0.15, 0.2) is 59.2 Å². The SMILES string of the molecule is Cc1sc(N(Cc2ccc3occc3c2)c2ccc(C#N)cc2)nc1C(=O)NS(C)(=O)=O. The van der Waals surface area contributed by atoms with Crippen LogP contribution < -0.4 is 9.62 Å². The Morgan fingerprint density at radius 3 is 2.66 bits per heavy atom. The average molecular weight is 467 g/mol. The Labute approximate surface area is 188 Å². The maximum atomic E-state index is 12.4. The van der Waals surface area contributed by atoms with Crippen molar-refractivity contribution in [3.05, 3.63) is 76.5 Å². The van der Waals surface area contributed by atoms with Crippen molar-refractivity contribution in [3.8, 4) is 6.07 Å². The largest absolute Gasteiger partial charge is 0.464 e. The minimum atomic E-state index is -3.71. The van der Waals surface area contributed by atoms with E-state index in [2.05, 4.69) is 11.1 Å². The minimum absolute atomic E-state index is 0.0550. The van der Waals surface area contributed by atoms with Crippen LogP contribution in [0.5, 0.6) is 0 Å². The lowest BCUT2D eigenvalue weighted by atomic mass is 10.1. The molecule has 0 atom stereocenters. The smallest absolute Gasteiger partial charge is 0.284 e. The third-order valence-electron chi connectivity index (χ3n) is 4.67. The van der Waals surface area contributed by atoms with Crippen molar-refractivity contribution >= 4 is 49.1 Å². The number of nitrogens with one attached hydrogen (secondary N) is 1.